The molecule has 4 bridgehead atoms. The second-order valence-corrected chi connectivity index (χ2v) is 14.8. The number of hydrogen-bond donors (Lipinski definition) is 2. The van der Waals surface area contributed by atoms with Crippen LogP contribution in [-0.2, 0) is 10.0 Å². The van der Waals surface area contributed by atoms with Gasteiger partial charge in [0.15, 0.2) is 5.03 Å². The topological polar surface area (TPSA) is 128 Å². The van der Waals surface area contributed by atoms with Crippen molar-refractivity contribution < 1.29 is 18.0 Å². The summed E-state index contributed by atoms with van der Waals surface area (Å²) in [7, 11) is -4.24. The minimum absolute atomic E-state index is 0.108. The van der Waals surface area contributed by atoms with Gasteiger partial charge in [-0.3, -0.25) is 9.69 Å². The van der Waals surface area contributed by atoms with Gasteiger partial charge in [-0.15, -0.1) is 0 Å². The molecule has 41 heavy (non-hydrogen) atoms. The summed E-state index contributed by atoms with van der Waals surface area (Å²) < 4.78 is 28.6. The number of carbonyl (C=O) groups excluding carboxylic acids is 2. The lowest BCUT2D eigenvalue weighted by molar-refractivity contribution is 0.0981. The van der Waals surface area contributed by atoms with Gasteiger partial charge in [-0.2, -0.15) is 8.42 Å². The molecule has 0 spiro atoms. The molecule has 5 heterocycles. The summed E-state index contributed by atoms with van der Waals surface area (Å²) in [6, 6.07) is 7.78. The molecule has 3 amide bonds. The van der Waals surface area contributed by atoms with Gasteiger partial charge in [-0.1, -0.05) is 26.8 Å². The highest BCUT2D eigenvalue weighted by Gasteiger charge is 2.41. The predicted octanol–water partition coefficient (Wildman–Crippen LogP) is 4.08. The number of sulfonamides is 1. The second-order valence-electron chi connectivity index (χ2n) is 13.1. The molecule has 11 nitrogen and oxygen atoms in total. The maximum Gasteiger partial charge on any atom is 0.325 e. The van der Waals surface area contributed by atoms with Crippen molar-refractivity contribution in [3.8, 4) is 0 Å². The molecule has 1 atom stereocenters. The van der Waals surface area contributed by atoms with Gasteiger partial charge >= 0.3 is 6.03 Å². The largest absolute Gasteiger partial charge is 0.370 e. The smallest absolute Gasteiger partial charge is 0.325 e. The zero-order valence-electron chi connectivity index (χ0n) is 24.6. The lowest BCUT2D eigenvalue weighted by Gasteiger charge is -2.34. The van der Waals surface area contributed by atoms with E-state index in [9.17, 15) is 18.0 Å². The molecule has 0 radical (unpaired) electrons. The molecule has 0 saturated carbocycles. The Hall–Kier alpha value is -3.41. The van der Waals surface area contributed by atoms with Crippen LogP contribution >= 0.6 is 0 Å². The lowest BCUT2D eigenvalue weighted by Crippen LogP contribution is -2.41. The van der Waals surface area contributed by atoms with Crippen LogP contribution in [0.4, 0.5) is 22.2 Å². The average Bonchev–Trinajstić information content (AvgIpc) is 3.41. The van der Waals surface area contributed by atoms with Crippen LogP contribution in [0.3, 0.4) is 0 Å². The number of anilines is 3. The molecule has 3 aliphatic rings. The van der Waals surface area contributed by atoms with Gasteiger partial charge < -0.3 is 15.1 Å². The SMILES string of the molecule is CC(C)(C)CCN1CCN(c2ccc3c(n2)N2C[C@@H](CCCNc4cccc(n4)S(=O)(=O)NC3=O)CC2(C)C)C1=O. The van der Waals surface area contributed by atoms with Crippen molar-refractivity contribution in [3.05, 3.63) is 35.9 Å². The van der Waals surface area contributed by atoms with E-state index in [1.54, 1.807) is 29.2 Å². The summed E-state index contributed by atoms with van der Waals surface area (Å²) in [5.41, 5.74) is -0.0704. The number of fused-ring (bicyclic) bond motifs is 6. The van der Waals surface area contributed by atoms with E-state index in [1.165, 1.54) is 6.07 Å². The number of pyridine rings is 2. The first kappa shape index (κ1) is 29.1. The van der Waals surface area contributed by atoms with E-state index in [4.69, 9.17) is 4.98 Å². The summed E-state index contributed by atoms with van der Waals surface area (Å²) in [4.78, 5) is 41.6. The van der Waals surface area contributed by atoms with Crippen molar-refractivity contribution in [1.29, 1.82) is 0 Å². The number of nitrogens with one attached hydrogen (secondary N) is 2. The Morgan fingerprint density at radius 3 is 2.61 bits per heavy atom. The monoisotopic (exact) mass is 583 g/mol. The Bertz CT molecular complexity index is 1440. The molecule has 222 valence electrons. The zero-order valence-corrected chi connectivity index (χ0v) is 25.4. The van der Waals surface area contributed by atoms with Gasteiger partial charge in [0, 0.05) is 38.3 Å². The third kappa shape index (κ3) is 6.27. The van der Waals surface area contributed by atoms with Crippen LogP contribution in [0, 0.1) is 11.3 Å². The highest BCUT2D eigenvalue weighted by Crippen LogP contribution is 2.40. The maximum atomic E-state index is 13.6. The molecule has 12 heteroatoms. The second kappa shape index (κ2) is 10.8. The Morgan fingerprint density at radius 1 is 1.07 bits per heavy atom. The van der Waals surface area contributed by atoms with Crippen LogP contribution in [-0.4, -0.2) is 73.5 Å². The maximum absolute atomic E-state index is 13.6. The van der Waals surface area contributed by atoms with Crippen LogP contribution in [0.5, 0.6) is 0 Å². The molecule has 2 aromatic heterocycles. The first-order valence-corrected chi connectivity index (χ1v) is 15.9. The Morgan fingerprint density at radius 2 is 1.85 bits per heavy atom. The van der Waals surface area contributed by atoms with Crippen molar-refractivity contribution in [1.82, 2.24) is 19.6 Å². The van der Waals surface area contributed by atoms with Crippen molar-refractivity contribution >= 4 is 39.4 Å². The molecule has 0 aromatic carbocycles. The Balaban J connectivity index is 1.52. The van der Waals surface area contributed by atoms with E-state index >= 15 is 0 Å². The van der Waals surface area contributed by atoms with Gasteiger partial charge in [-0.25, -0.2) is 19.5 Å². The molecule has 0 unspecified atom stereocenters. The van der Waals surface area contributed by atoms with E-state index < -0.39 is 15.9 Å². The van der Waals surface area contributed by atoms with Gasteiger partial charge in [0.1, 0.15) is 17.5 Å². The van der Waals surface area contributed by atoms with Crippen LogP contribution in [0.15, 0.2) is 35.4 Å². The lowest BCUT2D eigenvalue weighted by atomic mass is 9.92. The first-order valence-electron chi connectivity index (χ1n) is 14.4. The fourth-order valence-electron chi connectivity index (χ4n) is 5.90. The van der Waals surface area contributed by atoms with E-state index in [-0.39, 0.29) is 27.6 Å². The van der Waals surface area contributed by atoms with E-state index in [0.29, 0.717) is 56.1 Å². The molecule has 2 saturated heterocycles. The molecule has 5 rings (SSSR count). The number of aromatic nitrogens is 2. The highest BCUT2D eigenvalue weighted by molar-refractivity contribution is 7.90. The number of amides is 3. The van der Waals surface area contributed by atoms with E-state index in [2.05, 4.69) is 54.5 Å². The quantitative estimate of drug-likeness (QED) is 0.553. The third-order valence-electron chi connectivity index (χ3n) is 8.14. The molecule has 2 aromatic rings. The van der Waals surface area contributed by atoms with Crippen molar-refractivity contribution in [3.63, 3.8) is 0 Å². The van der Waals surface area contributed by atoms with Gasteiger partial charge in [0.25, 0.3) is 15.9 Å². The minimum Gasteiger partial charge on any atom is -0.370 e. The number of rotatable bonds is 3. The molecule has 2 N–H and O–H groups in total. The van der Waals surface area contributed by atoms with Crippen LogP contribution in [0.1, 0.15) is 70.7 Å². The van der Waals surface area contributed by atoms with Gasteiger partial charge in [-0.05, 0) is 75.1 Å². The first-order chi connectivity index (χ1) is 19.2. The number of hydrogen-bond acceptors (Lipinski definition) is 8. The van der Waals surface area contributed by atoms with Crippen molar-refractivity contribution in [2.75, 3.05) is 47.8 Å². The van der Waals surface area contributed by atoms with Gasteiger partial charge in [0.2, 0.25) is 0 Å². The minimum atomic E-state index is -4.24. The molecule has 3 aliphatic heterocycles. The highest BCUT2D eigenvalue weighted by atomic mass is 32.2. The number of urea groups is 1. The summed E-state index contributed by atoms with van der Waals surface area (Å²) in [5.74, 6) is 0.870. The normalized spacial score (nSPS) is 22.5. The summed E-state index contributed by atoms with van der Waals surface area (Å²) in [5, 5.41) is 2.97. The van der Waals surface area contributed by atoms with E-state index in [0.717, 1.165) is 25.7 Å². The van der Waals surface area contributed by atoms with Crippen molar-refractivity contribution in [2.45, 2.75) is 70.9 Å². The number of nitrogens with zero attached hydrogens (tertiary/aromatic N) is 5. The summed E-state index contributed by atoms with van der Waals surface area (Å²) >= 11 is 0. The van der Waals surface area contributed by atoms with Crippen LogP contribution in [0.2, 0.25) is 0 Å². The molecule has 0 aliphatic carbocycles. The molecular formula is C29H41N7O4S. The average molecular weight is 584 g/mol. The fraction of sp³-hybridized carbons (Fsp3) is 0.586. The predicted molar refractivity (Wildman–Crippen MR) is 159 cm³/mol. The molecular weight excluding hydrogens is 542 g/mol. The Labute approximate surface area is 242 Å². The van der Waals surface area contributed by atoms with E-state index in [1.807, 2.05) is 4.90 Å². The fourth-order valence-corrected chi connectivity index (χ4v) is 6.83. The van der Waals surface area contributed by atoms with Crippen LogP contribution in [0.25, 0.3) is 0 Å². The van der Waals surface area contributed by atoms with Crippen LogP contribution < -0.4 is 19.8 Å². The Kier molecular flexibility index (Phi) is 7.65. The van der Waals surface area contributed by atoms with Gasteiger partial charge in [0.05, 0.1) is 5.56 Å². The standard InChI is InChI=1S/C29H41N7O4S/c1-28(2,3)13-15-34-16-17-35(27(34)38)23-12-11-21-25(32-23)36-19-20(18-29(36,4)5)8-7-14-30-22-9-6-10-24(31-22)41(39,40)33-26(21)37/h6,9-12,20H,7-8,13-19H2,1-5H3,(H,30,31)(H,33,37)/t20-/m0/s1. The third-order valence-corrected chi connectivity index (χ3v) is 9.38. The van der Waals surface area contributed by atoms with Crippen molar-refractivity contribution in [2.24, 2.45) is 11.3 Å². The zero-order chi connectivity index (χ0) is 29.6. The molecule has 2 fully saturated rings. The summed E-state index contributed by atoms with van der Waals surface area (Å²) in [6.07, 6.45) is 3.63. The number of carbonyl (C=O) groups is 2. The summed E-state index contributed by atoms with van der Waals surface area (Å²) in [6.45, 7) is 13.8.